The quantitative estimate of drug-likeness (QED) is 0.649. The van der Waals surface area contributed by atoms with Crippen molar-refractivity contribution in [1.82, 2.24) is 15.5 Å². The van der Waals surface area contributed by atoms with Crippen LogP contribution in [0.25, 0.3) is 0 Å². The Hall–Kier alpha value is -2.37. The molecule has 30 heavy (non-hydrogen) atoms. The van der Waals surface area contributed by atoms with Crippen molar-refractivity contribution >= 4 is 5.91 Å². The number of nitrogens with zero attached hydrogens (tertiary/aromatic N) is 2. The van der Waals surface area contributed by atoms with Crippen molar-refractivity contribution in [1.29, 1.82) is 0 Å². The normalized spacial score (nSPS) is 19.4. The van der Waals surface area contributed by atoms with Crippen LogP contribution in [0.3, 0.4) is 0 Å². The summed E-state index contributed by atoms with van der Waals surface area (Å²) in [6, 6.07) is 8.18. The lowest BCUT2D eigenvalue weighted by Crippen LogP contribution is -2.46. The second-order valence-corrected chi connectivity index (χ2v) is 8.85. The first-order valence-electron chi connectivity index (χ1n) is 11.5. The predicted octanol–water partition coefficient (Wildman–Crippen LogP) is 5.00. The summed E-state index contributed by atoms with van der Waals surface area (Å²) in [6.45, 7) is 1.79. The molecule has 2 saturated carbocycles. The molecule has 1 N–H and O–H groups in total. The first-order chi connectivity index (χ1) is 14.6. The molecule has 0 spiro atoms. The highest BCUT2D eigenvalue weighted by Gasteiger charge is 2.38. The highest BCUT2D eigenvalue weighted by Crippen LogP contribution is 2.35. The maximum absolute atomic E-state index is 12.9. The van der Waals surface area contributed by atoms with Gasteiger partial charge in [0.2, 0.25) is 11.8 Å². The molecule has 0 atom stereocenters. The van der Waals surface area contributed by atoms with Crippen molar-refractivity contribution in [3.63, 3.8) is 0 Å². The molecule has 0 bridgehead atoms. The number of carbonyl (C=O) groups is 1. The van der Waals surface area contributed by atoms with Gasteiger partial charge < -0.3 is 14.6 Å². The number of benzene rings is 1. The lowest BCUT2D eigenvalue weighted by Gasteiger charge is -2.30. The molecule has 1 aromatic carbocycles. The summed E-state index contributed by atoms with van der Waals surface area (Å²) >= 11 is 0. The van der Waals surface area contributed by atoms with Crippen molar-refractivity contribution in [2.45, 2.75) is 95.6 Å². The zero-order valence-corrected chi connectivity index (χ0v) is 18.0. The molecular formula is C24H33N3O3. The summed E-state index contributed by atoms with van der Waals surface area (Å²) in [5.41, 5.74) is 0.629. The number of aryl methyl sites for hydroxylation is 2. The van der Waals surface area contributed by atoms with Crippen LogP contribution in [0.2, 0.25) is 0 Å². The Morgan fingerprint density at radius 2 is 1.93 bits per heavy atom. The van der Waals surface area contributed by atoms with E-state index < -0.39 is 5.54 Å². The van der Waals surface area contributed by atoms with Gasteiger partial charge >= 0.3 is 0 Å². The van der Waals surface area contributed by atoms with Gasteiger partial charge in [-0.3, -0.25) is 4.79 Å². The SMILES string of the molecule is Cc1nc(C2(NC(=O)CCc3cccc(OC4CCCC4)c3)CCCCCC2)no1. The number of ether oxygens (including phenoxy) is 1. The molecule has 2 aliphatic rings. The summed E-state index contributed by atoms with van der Waals surface area (Å²) in [6.07, 6.45) is 12.5. The minimum absolute atomic E-state index is 0.0430. The summed E-state index contributed by atoms with van der Waals surface area (Å²) < 4.78 is 11.3. The van der Waals surface area contributed by atoms with Crippen LogP contribution in [0.1, 0.15) is 87.9 Å². The smallest absolute Gasteiger partial charge is 0.223 e. The number of hydrogen-bond acceptors (Lipinski definition) is 5. The predicted molar refractivity (Wildman–Crippen MR) is 114 cm³/mol. The standard InChI is InChI=1S/C24H33N3O3/c1-18-25-23(27-30-18)24(15-6-2-3-7-16-24)26-22(28)14-13-19-9-8-12-21(17-19)29-20-10-4-5-11-20/h8-9,12,17,20H,2-7,10-11,13-16H2,1H3,(H,26,28). The van der Waals surface area contributed by atoms with E-state index in [9.17, 15) is 4.79 Å². The van der Waals surface area contributed by atoms with Crippen molar-refractivity contribution in [3.05, 3.63) is 41.5 Å². The Morgan fingerprint density at radius 3 is 2.63 bits per heavy atom. The van der Waals surface area contributed by atoms with Gasteiger partial charge in [-0.05, 0) is 62.6 Å². The highest BCUT2D eigenvalue weighted by atomic mass is 16.5. The van der Waals surface area contributed by atoms with Crippen LogP contribution in [-0.4, -0.2) is 22.2 Å². The summed E-state index contributed by atoms with van der Waals surface area (Å²) in [5.74, 6) is 2.13. The average Bonchev–Trinajstić information content (AvgIpc) is 3.35. The number of aromatic nitrogens is 2. The molecule has 2 aliphatic carbocycles. The second-order valence-electron chi connectivity index (χ2n) is 8.85. The molecule has 6 heteroatoms. The number of rotatable bonds is 7. The molecule has 0 aliphatic heterocycles. The van der Waals surface area contributed by atoms with E-state index >= 15 is 0 Å². The van der Waals surface area contributed by atoms with Crippen molar-refractivity contribution in [2.75, 3.05) is 0 Å². The van der Waals surface area contributed by atoms with Gasteiger partial charge in [-0.15, -0.1) is 0 Å². The minimum Gasteiger partial charge on any atom is -0.490 e. The van der Waals surface area contributed by atoms with E-state index in [2.05, 4.69) is 27.6 Å². The average molecular weight is 412 g/mol. The monoisotopic (exact) mass is 411 g/mol. The Labute approximate surface area is 178 Å². The molecule has 0 unspecified atom stereocenters. The third-order valence-corrected chi connectivity index (χ3v) is 6.44. The molecule has 0 saturated heterocycles. The van der Waals surface area contributed by atoms with Crippen LogP contribution in [-0.2, 0) is 16.8 Å². The topological polar surface area (TPSA) is 77.2 Å². The molecule has 162 valence electrons. The van der Waals surface area contributed by atoms with Gasteiger partial charge in [0.1, 0.15) is 11.3 Å². The van der Waals surface area contributed by atoms with Crippen LogP contribution in [0, 0.1) is 6.92 Å². The zero-order chi connectivity index (χ0) is 20.8. The van der Waals surface area contributed by atoms with Gasteiger partial charge in [0, 0.05) is 13.3 Å². The summed E-state index contributed by atoms with van der Waals surface area (Å²) in [5, 5.41) is 7.46. The number of nitrogens with one attached hydrogen (secondary N) is 1. The summed E-state index contributed by atoms with van der Waals surface area (Å²) in [4.78, 5) is 17.4. The molecule has 1 heterocycles. The zero-order valence-electron chi connectivity index (χ0n) is 18.0. The highest BCUT2D eigenvalue weighted by molar-refractivity contribution is 5.77. The van der Waals surface area contributed by atoms with Gasteiger partial charge in [-0.1, -0.05) is 43.0 Å². The van der Waals surface area contributed by atoms with E-state index in [4.69, 9.17) is 9.26 Å². The van der Waals surface area contributed by atoms with Crippen LogP contribution in [0.15, 0.2) is 28.8 Å². The van der Waals surface area contributed by atoms with Crippen molar-refractivity contribution in [3.8, 4) is 5.75 Å². The first kappa shape index (κ1) is 20.9. The fourth-order valence-electron chi connectivity index (χ4n) is 4.79. The maximum atomic E-state index is 12.9. The Morgan fingerprint density at radius 1 is 1.17 bits per heavy atom. The minimum atomic E-state index is -0.501. The molecule has 0 radical (unpaired) electrons. The Balaban J connectivity index is 1.38. The molecule has 2 fully saturated rings. The molecular weight excluding hydrogens is 378 g/mol. The van der Waals surface area contributed by atoms with Crippen LogP contribution in [0.5, 0.6) is 5.75 Å². The molecule has 1 amide bonds. The van der Waals surface area contributed by atoms with E-state index in [0.717, 1.165) is 49.8 Å². The summed E-state index contributed by atoms with van der Waals surface area (Å²) in [7, 11) is 0. The van der Waals surface area contributed by atoms with Gasteiger partial charge in [-0.25, -0.2) is 0 Å². The lowest BCUT2D eigenvalue weighted by atomic mass is 9.88. The molecule has 1 aromatic heterocycles. The van der Waals surface area contributed by atoms with Crippen LogP contribution in [0.4, 0.5) is 0 Å². The Kier molecular flexibility index (Phi) is 6.70. The van der Waals surface area contributed by atoms with Crippen molar-refractivity contribution in [2.24, 2.45) is 0 Å². The van der Waals surface area contributed by atoms with E-state index in [-0.39, 0.29) is 5.91 Å². The maximum Gasteiger partial charge on any atom is 0.223 e. The fourth-order valence-corrected chi connectivity index (χ4v) is 4.79. The fraction of sp³-hybridized carbons (Fsp3) is 0.625. The van der Waals surface area contributed by atoms with Crippen molar-refractivity contribution < 1.29 is 14.1 Å². The van der Waals surface area contributed by atoms with Gasteiger partial charge in [0.15, 0.2) is 5.82 Å². The third-order valence-electron chi connectivity index (χ3n) is 6.44. The largest absolute Gasteiger partial charge is 0.490 e. The number of amides is 1. The third kappa shape index (κ3) is 5.21. The first-order valence-corrected chi connectivity index (χ1v) is 11.5. The second kappa shape index (κ2) is 9.63. The van der Waals surface area contributed by atoms with Gasteiger partial charge in [0.25, 0.3) is 0 Å². The number of carbonyl (C=O) groups excluding carboxylic acids is 1. The van der Waals surface area contributed by atoms with Crippen LogP contribution < -0.4 is 10.1 Å². The number of hydrogen-bond donors (Lipinski definition) is 1. The molecule has 6 nitrogen and oxygen atoms in total. The van der Waals surface area contributed by atoms with Crippen LogP contribution >= 0.6 is 0 Å². The Bertz CT molecular complexity index is 834. The van der Waals surface area contributed by atoms with E-state index in [1.165, 1.54) is 25.7 Å². The van der Waals surface area contributed by atoms with E-state index in [1.54, 1.807) is 6.92 Å². The lowest BCUT2D eigenvalue weighted by molar-refractivity contribution is -0.123. The molecule has 4 rings (SSSR count). The molecule has 2 aromatic rings. The van der Waals surface area contributed by atoms with Gasteiger partial charge in [0.05, 0.1) is 6.10 Å². The van der Waals surface area contributed by atoms with Gasteiger partial charge in [-0.2, -0.15) is 4.98 Å². The van der Waals surface area contributed by atoms with E-state index in [1.807, 2.05) is 12.1 Å². The van der Waals surface area contributed by atoms with E-state index in [0.29, 0.717) is 30.7 Å².